The number of unbranched alkanes of at least 4 members (excludes halogenated alkanes) is 1. The standard InChI is InChI=1S/C39H54N10O3/c1-28-21-29(2)49(44-28)36-23-32(22-35(25-36)47-17-19-48(20-18-47)37(50)8-4-5-15-42-45-40)33(24-38(51)52-3)27-46-16-13-30(26-46)9-11-34-12-10-31-7-6-14-41-39(31)43-34/h10,12,21-23,25,30,33H,4-9,11,13-20,24,26-27H2,1-3H3,(H,41,43)/t30-,33-/m1/s1. The lowest BCUT2D eigenvalue weighted by atomic mass is 9.93. The van der Waals surface area contributed by atoms with E-state index in [9.17, 15) is 9.59 Å². The van der Waals surface area contributed by atoms with Crippen molar-refractivity contribution in [3.63, 3.8) is 0 Å². The van der Waals surface area contributed by atoms with Gasteiger partial charge in [0.05, 0.1) is 24.9 Å². The number of aromatic nitrogens is 3. The maximum Gasteiger partial charge on any atom is 0.306 e. The van der Waals surface area contributed by atoms with Gasteiger partial charge in [-0.15, -0.1) is 0 Å². The Hall–Kier alpha value is -4.61. The van der Waals surface area contributed by atoms with Gasteiger partial charge in [0.25, 0.3) is 0 Å². The highest BCUT2D eigenvalue weighted by Gasteiger charge is 2.29. The second-order valence-corrected chi connectivity index (χ2v) is 14.7. The molecule has 0 saturated carbocycles. The quantitative estimate of drug-likeness (QED) is 0.0668. The smallest absolute Gasteiger partial charge is 0.306 e. The Labute approximate surface area is 307 Å². The molecule has 0 radical (unpaired) electrons. The van der Waals surface area contributed by atoms with E-state index in [-0.39, 0.29) is 17.8 Å². The first-order valence-corrected chi connectivity index (χ1v) is 19.0. The molecule has 13 nitrogen and oxygen atoms in total. The molecule has 5 heterocycles. The Morgan fingerprint density at radius 3 is 2.67 bits per heavy atom. The largest absolute Gasteiger partial charge is 0.469 e. The summed E-state index contributed by atoms with van der Waals surface area (Å²) in [5.74, 6) is 1.54. The summed E-state index contributed by atoms with van der Waals surface area (Å²) in [5, 5.41) is 11.9. The maximum atomic E-state index is 12.9. The molecule has 6 rings (SSSR count). The van der Waals surface area contributed by atoms with E-state index in [1.165, 1.54) is 19.1 Å². The number of carbonyl (C=O) groups is 2. The van der Waals surface area contributed by atoms with Crippen LogP contribution in [-0.2, 0) is 27.2 Å². The number of nitrogens with zero attached hydrogens (tertiary/aromatic N) is 9. The number of rotatable bonds is 15. The van der Waals surface area contributed by atoms with Gasteiger partial charge in [-0.05, 0) is 118 Å². The van der Waals surface area contributed by atoms with Crippen LogP contribution in [0.4, 0.5) is 11.5 Å². The van der Waals surface area contributed by atoms with Crippen LogP contribution in [0.2, 0.25) is 0 Å². The van der Waals surface area contributed by atoms with Gasteiger partial charge in [-0.2, -0.15) is 5.10 Å². The second-order valence-electron chi connectivity index (χ2n) is 14.7. The number of azide groups is 1. The molecule has 278 valence electrons. The number of ether oxygens (including phenoxy) is 1. The lowest BCUT2D eigenvalue weighted by Crippen LogP contribution is -2.48. The van der Waals surface area contributed by atoms with Crippen LogP contribution in [0.25, 0.3) is 16.1 Å². The topological polar surface area (TPSA) is 145 Å². The fourth-order valence-electron chi connectivity index (χ4n) is 7.98. The van der Waals surface area contributed by atoms with Gasteiger partial charge in [-0.3, -0.25) is 9.59 Å². The zero-order valence-electron chi connectivity index (χ0n) is 31.1. The Morgan fingerprint density at radius 2 is 1.90 bits per heavy atom. The summed E-state index contributed by atoms with van der Waals surface area (Å²) < 4.78 is 7.21. The predicted octanol–water partition coefficient (Wildman–Crippen LogP) is 5.97. The Balaban J connectivity index is 1.15. The van der Waals surface area contributed by atoms with Crippen LogP contribution in [-0.4, -0.2) is 102 Å². The average molecular weight is 711 g/mol. The zero-order valence-corrected chi connectivity index (χ0v) is 31.1. The third-order valence-electron chi connectivity index (χ3n) is 10.9. The molecule has 0 aliphatic carbocycles. The number of pyridine rings is 1. The van der Waals surface area contributed by atoms with E-state index >= 15 is 0 Å². The second kappa shape index (κ2) is 17.7. The third kappa shape index (κ3) is 9.63. The molecule has 2 saturated heterocycles. The van der Waals surface area contributed by atoms with Gasteiger partial charge in [-0.25, -0.2) is 9.67 Å². The van der Waals surface area contributed by atoms with Gasteiger partial charge in [0.15, 0.2) is 0 Å². The maximum absolute atomic E-state index is 12.9. The van der Waals surface area contributed by atoms with Crippen molar-refractivity contribution in [3.05, 3.63) is 75.0 Å². The van der Waals surface area contributed by atoms with Crippen LogP contribution >= 0.6 is 0 Å². The summed E-state index contributed by atoms with van der Waals surface area (Å²) in [6.07, 6.45) is 7.69. The van der Waals surface area contributed by atoms with Gasteiger partial charge in [0.2, 0.25) is 5.91 Å². The Morgan fingerprint density at radius 1 is 1.08 bits per heavy atom. The third-order valence-corrected chi connectivity index (χ3v) is 10.9. The molecule has 52 heavy (non-hydrogen) atoms. The molecule has 2 fully saturated rings. The van der Waals surface area contributed by atoms with Crippen molar-refractivity contribution >= 4 is 23.4 Å². The number of likely N-dealkylation sites (tertiary alicyclic amines) is 1. The number of aryl methyl sites for hydroxylation is 4. The van der Waals surface area contributed by atoms with Crippen LogP contribution < -0.4 is 10.2 Å². The lowest BCUT2D eigenvalue weighted by Gasteiger charge is -2.37. The highest BCUT2D eigenvalue weighted by molar-refractivity contribution is 5.76. The fourth-order valence-corrected chi connectivity index (χ4v) is 7.98. The molecule has 3 aliphatic heterocycles. The molecule has 3 aromatic rings. The molecule has 3 aliphatic rings. The SMILES string of the molecule is COC(=O)C[C@H](CN1CC[C@@H](CCc2ccc3c(n2)NCCC3)C1)c1cc(N2CCN(C(=O)CCCCN=[N+]=[N-])CC2)cc(-n2nc(C)cc2C)c1. The van der Waals surface area contributed by atoms with Crippen molar-refractivity contribution in [3.8, 4) is 5.69 Å². The predicted molar refractivity (Wildman–Crippen MR) is 203 cm³/mol. The van der Waals surface area contributed by atoms with Gasteiger partial charge in [-0.1, -0.05) is 11.2 Å². The van der Waals surface area contributed by atoms with Crippen LogP contribution in [0.1, 0.15) is 79.1 Å². The van der Waals surface area contributed by atoms with Crippen molar-refractivity contribution in [2.75, 3.05) is 76.2 Å². The summed E-state index contributed by atoms with van der Waals surface area (Å²) in [6.45, 7) is 11.0. The molecule has 0 spiro atoms. The lowest BCUT2D eigenvalue weighted by molar-refractivity contribution is -0.141. The average Bonchev–Trinajstić information content (AvgIpc) is 3.77. The summed E-state index contributed by atoms with van der Waals surface area (Å²) in [6, 6.07) is 13.1. The Bertz CT molecular complexity index is 1740. The van der Waals surface area contributed by atoms with E-state index in [1.807, 2.05) is 16.5 Å². The number of piperazine rings is 1. The molecule has 0 bridgehead atoms. The van der Waals surface area contributed by atoms with Crippen LogP contribution in [0, 0.1) is 19.8 Å². The number of hydrogen-bond donors (Lipinski definition) is 1. The summed E-state index contributed by atoms with van der Waals surface area (Å²) in [4.78, 5) is 40.3. The van der Waals surface area contributed by atoms with Crippen molar-refractivity contribution < 1.29 is 14.3 Å². The van der Waals surface area contributed by atoms with Gasteiger partial charge in [0, 0.05) is 86.7 Å². The Kier molecular flexibility index (Phi) is 12.7. The molecule has 13 heteroatoms. The van der Waals surface area contributed by atoms with Gasteiger partial charge < -0.3 is 24.8 Å². The number of esters is 1. The number of hydrogen-bond acceptors (Lipinski definition) is 9. The highest BCUT2D eigenvalue weighted by atomic mass is 16.5. The first-order valence-electron chi connectivity index (χ1n) is 19.0. The summed E-state index contributed by atoms with van der Waals surface area (Å²) in [5.41, 5.74) is 16.1. The molecule has 2 atom stereocenters. The molecule has 1 amide bonds. The van der Waals surface area contributed by atoms with Crippen molar-refractivity contribution in [1.82, 2.24) is 24.6 Å². The van der Waals surface area contributed by atoms with Crippen LogP contribution in [0.5, 0.6) is 0 Å². The molecular weight excluding hydrogens is 656 g/mol. The minimum Gasteiger partial charge on any atom is -0.469 e. The van der Waals surface area contributed by atoms with Gasteiger partial charge >= 0.3 is 5.97 Å². The molecule has 2 aromatic heterocycles. The van der Waals surface area contributed by atoms with Crippen LogP contribution in [0.15, 0.2) is 41.5 Å². The van der Waals surface area contributed by atoms with E-state index in [0.717, 1.165) is 111 Å². The van der Waals surface area contributed by atoms with E-state index in [1.54, 1.807) is 0 Å². The fraction of sp³-hybridized carbons (Fsp3) is 0.590. The van der Waals surface area contributed by atoms with Crippen LogP contribution in [0.3, 0.4) is 0 Å². The van der Waals surface area contributed by atoms with E-state index in [4.69, 9.17) is 20.4 Å². The van der Waals surface area contributed by atoms with Crippen molar-refractivity contribution in [1.29, 1.82) is 0 Å². The number of benzene rings is 1. The summed E-state index contributed by atoms with van der Waals surface area (Å²) >= 11 is 0. The number of fused-ring (bicyclic) bond motifs is 1. The first-order chi connectivity index (χ1) is 25.3. The normalized spacial score (nSPS) is 18.0. The zero-order chi connectivity index (χ0) is 36.5. The molecular formula is C39H54N10O3. The monoisotopic (exact) mass is 710 g/mol. The molecule has 1 aromatic carbocycles. The van der Waals surface area contributed by atoms with Crippen molar-refractivity contribution in [2.24, 2.45) is 11.0 Å². The number of carbonyl (C=O) groups excluding carboxylic acids is 2. The van der Waals surface area contributed by atoms with Gasteiger partial charge in [0.1, 0.15) is 5.82 Å². The number of anilines is 2. The van der Waals surface area contributed by atoms with E-state index in [0.29, 0.717) is 44.8 Å². The molecule has 1 N–H and O–H groups in total. The molecule has 0 unspecified atom stereocenters. The van der Waals surface area contributed by atoms with Crippen molar-refractivity contribution in [2.45, 2.75) is 77.6 Å². The number of methoxy groups -OCH3 is 1. The first kappa shape index (κ1) is 37.2. The number of amides is 1. The number of nitrogens with one attached hydrogen (secondary N) is 1. The highest BCUT2D eigenvalue weighted by Crippen LogP contribution is 2.33. The minimum absolute atomic E-state index is 0.0523. The van der Waals surface area contributed by atoms with E-state index in [2.05, 4.69) is 68.5 Å². The summed E-state index contributed by atoms with van der Waals surface area (Å²) in [7, 11) is 1.47. The van der Waals surface area contributed by atoms with E-state index < -0.39 is 0 Å². The minimum atomic E-state index is -0.211.